The SMILES string of the molecule is NC(=O)CS(=O)(=O)c1cc(Cl)ccc1N. The Morgan fingerprint density at radius 2 is 2.00 bits per heavy atom. The lowest BCUT2D eigenvalue weighted by Crippen LogP contribution is -2.23. The van der Waals surface area contributed by atoms with E-state index in [1.807, 2.05) is 0 Å². The molecule has 0 heterocycles. The highest BCUT2D eigenvalue weighted by atomic mass is 35.5. The van der Waals surface area contributed by atoms with Crippen LogP contribution in [-0.2, 0) is 14.6 Å². The molecule has 82 valence electrons. The Morgan fingerprint density at radius 1 is 1.40 bits per heavy atom. The van der Waals surface area contributed by atoms with E-state index in [0.717, 1.165) is 0 Å². The van der Waals surface area contributed by atoms with Gasteiger partial charge in [0, 0.05) is 5.02 Å². The van der Waals surface area contributed by atoms with Gasteiger partial charge in [-0.1, -0.05) is 11.6 Å². The van der Waals surface area contributed by atoms with E-state index < -0.39 is 21.5 Å². The van der Waals surface area contributed by atoms with Gasteiger partial charge in [0.25, 0.3) is 0 Å². The molecule has 4 N–H and O–H groups in total. The predicted octanol–water partition coefficient (Wildman–Crippen LogP) is 0.181. The summed E-state index contributed by atoms with van der Waals surface area (Å²) >= 11 is 5.62. The molecular formula is C8H9ClN2O3S. The highest BCUT2D eigenvalue weighted by molar-refractivity contribution is 7.92. The van der Waals surface area contributed by atoms with Gasteiger partial charge in [0.15, 0.2) is 9.84 Å². The van der Waals surface area contributed by atoms with Crippen LogP contribution >= 0.6 is 11.6 Å². The van der Waals surface area contributed by atoms with Crippen LogP contribution < -0.4 is 11.5 Å². The summed E-state index contributed by atoms with van der Waals surface area (Å²) in [6, 6.07) is 4.01. The van der Waals surface area contributed by atoms with Gasteiger partial charge in [-0.05, 0) is 18.2 Å². The summed E-state index contributed by atoms with van der Waals surface area (Å²) in [6.07, 6.45) is 0. The van der Waals surface area contributed by atoms with Crippen LogP contribution in [0.3, 0.4) is 0 Å². The van der Waals surface area contributed by atoms with Crippen LogP contribution in [-0.4, -0.2) is 20.1 Å². The first kappa shape index (κ1) is 11.8. The fourth-order valence-corrected chi connectivity index (χ4v) is 2.54. The molecule has 1 aromatic carbocycles. The molecule has 7 heteroatoms. The minimum absolute atomic E-state index is 0.0423. The standard InChI is InChI=1S/C8H9ClN2O3S/c9-5-1-2-6(10)7(3-5)15(13,14)4-8(11)12/h1-3H,4,10H2,(H2,11,12). The number of anilines is 1. The van der Waals surface area contributed by atoms with Crippen LogP contribution in [0, 0.1) is 0 Å². The van der Waals surface area contributed by atoms with Crippen LogP contribution in [0.1, 0.15) is 0 Å². The minimum atomic E-state index is -3.80. The Kier molecular flexibility index (Phi) is 3.21. The van der Waals surface area contributed by atoms with Crippen LogP contribution in [0.5, 0.6) is 0 Å². The van der Waals surface area contributed by atoms with Gasteiger partial charge in [-0.2, -0.15) is 0 Å². The molecule has 0 aliphatic rings. The summed E-state index contributed by atoms with van der Waals surface area (Å²) in [5.41, 5.74) is 10.3. The summed E-state index contributed by atoms with van der Waals surface area (Å²) in [7, 11) is -3.80. The van der Waals surface area contributed by atoms with Gasteiger partial charge >= 0.3 is 0 Å². The van der Waals surface area contributed by atoms with Crippen molar-refractivity contribution in [3.8, 4) is 0 Å². The third-order valence-corrected chi connectivity index (χ3v) is 3.57. The molecule has 0 spiro atoms. The third kappa shape index (κ3) is 2.84. The first-order valence-electron chi connectivity index (χ1n) is 3.89. The molecule has 0 bridgehead atoms. The number of halogens is 1. The molecule has 0 aromatic heterocycles. The number of sulfone groups is 1. The first-order valence-corrected chi connectivity index (χ1v) is 5.92. The van der Waals surface area contributed by atoms with Crippen molar-refractivity contribution >= 4 is 33.0 Å². The van der Waals surface area contributed by atoms with Crippen molar-refractivity contribution in [2.75, 3.05) is 11.5 Å². The number of nitrogen functional groups attached to an aromatic ring is 1. The van der Waals surface area contributed by atoms with E-state index in [1.165, 1.54) is 18.2 Å². The third-order valence-electron chi connectivity index (χ3n) is 1.64. The number of rotatable bonds is 3. The highest BCUT2D eigenvalue weighted by Gasteiger charge is 2.20. The molecule has 0 aliphatic carbocycles. The quantitative estimate of drug-likeness (QED) is 0.745. The number of hydrogen-bond donors (Lipinski definition) is 2. The zero-order chi connectivity index (χ0) is 11.6. The van der Waals surface area contributed by atoms with Gasteiger partial charge < -0.3 is 11.5 Å². The Labute approximate surface area is 91.9 Å². The van der Waals surface area contributed by atoms with Crippen LogP contribution in [0.2, 0.25) is 5.02 Å². The average molecular weight is 249 g/mol. The van der Waals surface area contributed by atoms with E-state index in [1.54, 1.807) is 0 Å². The zero-order valence-electron chi connectivity index (χ0n) is 7.60. The van der Waals surface area contributed by atoms with Gasteiger partial charge in [-0.15, -0.1) is 0 Å². The number of amides is 1. The minimum Gasteiger partial charge on any atom is -0.398 e. The lowest BCUT2D eigenvalue weighted by molar-refractivity contribution is -0.115. The first-order chi connectivity index (χ1) is 6.83. The van der Waals surface area contributed by atoms with E-state index >= 15 is 0 Å². The van der Waals surface area contributed by atoms with Crippen molar-refractivity contribution in [1.29, 1.82) is 0 Å². The molecule has 0 radical (unpaired) electrons. The molecule has 0 unspecified atom stereocenters. The molecule has 0 fully saturated rings. The second-order valence-corrected chi connectivity index (χ2v) is 5.30. The fraction of sp³-hybridized carbons (Fsp3) is 0.125. The van der Waals surface area contributed by atoms with Gasteiger partial charge in [0.05, 0.1) is 10.6 Å². The lowest BCUT2D eigenvalue weighted by atomic mass is 10.3. The maximum atomic E-state index is 11.6. The summed E-state index contributed by atoms with van der Waals surface area (Å²) in [4.78, 5) is 10.4. The van der Waals surface area contributed by atoms with E-state index in [4.69, 9.17) is 23.1 Å². The molecule has 1 amide bonds. The van der Waals surface area contributed by atoms with Crippen LogP contribution in [0.25, 0.3) is 0 Å². The second-order valence-electron chi connectivity index (χ2n) is 2.91. The Hall–Kier alpha value is -1.27. The van der Waals surface area contributed by atoms with Crippen molar-refractivity contribution in [2.45, 2.75) is 4.90 Å². The zero-order valence-corrected chi connectivity index (χ0v) is 9.18. The Bertz CT molecular complexity index is 499. The van der Waals surface area contributed by atoms with Gasteiger partial charge in [-0.3, -0.25) is 4.79 Å². The smallest absolute Gasteiger partial charge is 0.233 e. The van der Waals surface area contributed by atoms with Gasteiger partial charge in [0.2, 0.25) is 5.91 Å². The molecule has 5 nitrogen and oxygen atoms in total. The van der Waals surface area contributed by atoms with Crippen molar-refractivity contribution < 1.29 is 13.2 Å². The number of benzene rings is 1. The van der Waals surface area contributed by atoms with Gasteiger partial charge in [0.1, 0.15) is 5.75 Å². The maximum Gasteiger partial charge on any atom is 0.233 e. The van der Waals surface area contributed by atoms with Crippen molar-refractivity contribution in [1.82, 2.24) is 0 Å². The van der Waals surface area contributed by atoms with Crippen molar-refractivity contribution in [3.63, 3.8) is 0 Å². The van der Waals surface area contributed by atoms with Gasteiger partial charge in [-0.25, -0.2) is 8.42 Å². The second kappa shape index (κ2) is 4.08. The number of primary amides is 1. The van der Waals surface area contributed by atoms with E-state index in [-0.39, 0.29) is 15.6 Å². The maximum absolute atomic E-state index is 11.6. The number of carbonyl (C=O) groups excluding carboxylic acids is 1. The topological polar surface area (TPSA) is 103 Å². The normalized spacial score (nSPS) is 11.3. The molecule has 0 saturated carbocycles. The molecule has 0 saturated heterocycles. The largest absolute Gasteiger partial charge is 0.398 e. The number of carbonyl (C=O) groups is 1. The van der Waals surface area contributed by atoms with E-state index in [0.29, 0.717) is 0 Å². The summed E-state index contributed by atoms with van der Waals surface area (Å²) < 4.78 is 23.2. The molecule has 1 aromatic rings. The highest BCUT2D eigenvalue weighted by Crippen LogP contribution is 2.23. The average Bonchev–Trinajstić information content (AvgIpc) is 2.06. The van der Waals surface area contributed by atoms with E-state index in [9.17, 15) is 13.2 Å². The van der Waals surface area contributed by atoms with Crippen molar-refractivity contribution in [3.05, 3.63) is 23.2 Å². The predicted molar refractivity (Wildman–Crippen MR) is 57.1 cm³/mol. The van der Waals surface area contributed by atoms with E-state index in [2.05, 4.69) is 0 Å². The molecule has 0 aliphatic heterocycles. The lowest BCUT2D eigenvalue weighted by Gasteiger charge is -2.05. The molecule has 1 rings (SSSR count). The summed E-state index contributed by atoms with van der Waals surface area (Å²) in [5.74, 6) is -1.72. The number of nitrogens with two attached hydrogens (primary N) is 2. The summed E-state index contributed by atoms with van der Waals surface area (Å²) in [6.45, 7) is 0. The number of hydrogen-bond acceptors (Lipinski definition) is 4. The molecule has 0 atom stereocenters. The fourth-order valence-electron chi connectivity index (χ4n) is 1.04. The Balaban J connectivity index is 3.26. The summed E-state index contributed by atoms with van der Waals surface area (Å²) in [5, 5.41) is 0.229. The van der Waals surface area contributed by atoms with Crippen LogP contribution in [0.4, 0.5) is 5.69 Å². The monoisotopic (exact) mass is 248 g/mol. The molecule has 15 heavy (non-hydrogen) atoms. The van der Waals surface area contributed by atoms with Crippen LogP contribution in [0.15, 0.2) is 23.1 Å². The Morgan fingerprint density at radius 3 is 2.53 bits per heavy atom. The molecular weight excluding hydrogens is 240 g/mol. The van der Waals surface area contributed by atoms with Crippen molar-refractivity contribution in [2.24, 2.45) is 5.73 Å².